The molecule has 1 aliphatic rings. The smallest absolute Gasteiger partial charge is 0.270 e. The topological polar surface area (TPSA) is 113 Å². The Labute approximate surface area is 178 Å². The predicted octanol–water partition coefficient (Wildman–Crippen LogP) is 3.52. The lowest BCUT2D eigenvalue weighted by atomic mass is 10.2. The van der Waals surface area contributed by atoms with E-state index in [4.69, 9.17) is 23.2 Å². The number of rotatable bonds is 4. The molecule has 2 unspecified atom stereocenters. The van der Waals surface area contributed by atoms with E-state index in [1.807, 2.05) is 0 Å². The molecule has 0 spiro atoms. The number of aromatic nitrogens is 2. The summed E-state index contributed by atoms with van der Waals surface area (Å²) >= 11 is 13.6. The van der Waals surface area contributed by atoms with Crippen molar-refractivity contribution in [2.45, 2.75) is 11.0 Å². The Bertz CT molecular complexity index is 1090. The van der Waals surface area contributed by atoms with Gasteiger partial charge in [0.25, 0.3) is 11.6 Å². The Morgan fingerprint density at radius 1 is 1.38 bits per heavy atom. The highest BCUT2D eigenvalue weighted by Crippen LogP contribution is 2.31. The van der Waals surface area contributed by atoms with Crippen LogP contribution in [0.1, 0.15) is 10.4 Å². The average molecular weight is 453 g/mol. The highest BCUT2D eigenvalue weighted by molar-refractivity contribution is 7.22. The first-order valence-corrected chi connectivity index (χ1v) is 10.2. The number of amides is 1. The molecule has 0 radical (unpaired) electrons. The van der Waals surface area contributed by atoms with Gasteiger partial charge in [-0.1, -0.05) is 22.9 Å². The molecule has 1 saturated heterocycles. The summed E-state index contributed by atoms with van der Waals surface area (Å²) in [7, 11) is 0. The van der Waals surface area contributed by atoms with E-state index in [0.717, 1.165) is 0 Å². The number of halogens is 2. The molecule has 0 saturated carbocycles. The molecule has 0 aliphatic carbocycles. The number of pyridine rings is 1. The van der Waals surface area contributed by atoms with Crippen molar-refractivity contribution in [3.63, 3.8) is 0 Å². The van der Waals surface area contributed by atoms with Gasteiger partial charge in [-0.3, -0.25) is 20.2 Å². The van der Waals surface area contributed by atoms with Crippen molar-refractivity contribution in [3.05, 3.63) is 52.2 Å². The second kappa shape index (κ2) is 8.07. The monoisotopic (exact) mass is 452 g/mol. The zero-order valence-corrected chi connectivity index (χ0v) is 17.0. The number of piperazine rings is 1. The van der Waals surface area contributed by atoms with Gasteiger partial charge in [0, 0.05) is 31.4 Å². The fourth-order valence-electron chi connectivity index (χ4n) is 2.93. The third-order valence-electron chi connectivity index (χ3n) is 4.34. The van der Waals surface area contributed by atoms with E-state index >= 15 is 0 Å². The zero-order valence-electron chi connectivity index (χ0n) is 14.7. The van der Waals surface area contributed by atoms with Gasteiger partial charge < -0.3 is 10.2 Å². The van der Waals surface area contributed by atoms with Crippen molar-refractivity contribution in [1.29, 1.82) is 0 Å². The molecule has 2 N–H and O–H groups in total. The van der Waals surface area contributed by atoms with E-state index in [2.05, 4.69) is 20.6 Å². The molecule has 0 bridgehead atoms. The fraction of sp³-hybridized carbons (Fsp3) is 0.235. The van der Waals surface area contributed by atoms with Crippen LogP contribution in [-0.2, 0) is 0 Å². The first kappa shape index (κ1) is 19.8. The number of benzene rings is 1. The summed E-state index contributed by atoms with van der Waals surface area (Å²) in [5.74, 6) is 0.0177. The lowest BCUT2D eigenvalue weighted by molar-refractivity contribution is -0.384. The average Bonchev–Trinajstić information content (AvgIpc) is 3.11. The molecule has 9 nitrogen and oxygen atoms in total. The number of hydrogen-bond donors (Lipinski definition) is 2. The van der Waals surface area contributed by atoms with Crippen molar-refractivity contribution in [2.75, 3.05) is 18.4 Å². The van der Waals surface area contributed by atoms with E-state index in [1.165, 1.54) is 28.4 Å². The minimum absolute atomic E-state index is 0.0103. The van der Waals surface area contributed by atoms with Crippen LogP contribution in [0, 0.1) is 10.1 Å². The van der Waals surface area contributed by atoms with E-state index in [1.54, 1.807) is 24.4 Å². The van der Waals surface area contributed by atoms with Gasteiger partial charge in [-0.2, -0.15) is 0 Å². The minimum Gasteiger partial charge on any atom is -0.318 e. The number of anilines is 2. The Hall–Kier alpha value is -2.53. The first-order valence-electron chi connectivity index (χ1n) is 8.53. The number of thiazole rings is 1. The summed E-state index contributed by atoms with van der Waals surface area (Å²) in [5, 5.41) is 17.5. The number of hydrogen-bond acceptors (Lipinski definition) is 8. The largest absolute Gasteiger partial charge is 0.318 e. The van der Waals surface area contributed by atoms with Crippen molar-refractivity contribution >= 4 is 67.3 Å². The van der Waals surface area contributed by atoms with Crippen LogP contribution in [0.2, 0.25) is 0 Å². The quantitative estimate of drug-likeness (QED) is 0.269. The maximum atomic E-state index is 13.0. The lowest BCUT2D eigenvalue weighted by Crippen LogP contribution is -2.55. The minimum atomic E-state index is -0.700. The van der Waals surface area contributed by atoms with Gasteiger partial charge in [0.15, 0.2) is 5.13 Å². The van der Waals surface area contributed by atoms with Gasteiger partial charge in [0.1, 0.15) is 16.8 Å². The van der Waals surface area contributed by atoms with Crippen molar-refractivity contribution in [1.82, 2.24) is 20.2 Å². The second-order valence-electron chi connectivity index (χ2n) is 6.18. The second-order valence-corrected chi connectivity index (χ2v) is 8.13. The molecule has 4 rings (SSSR count). The van der Waals surface area contributed by atoms with Crippen LogP contribution in [0.3, 0.4) is 0 Å². The standard InChI is InChI=1S/C17H14Cl2N6O3S/c18-13-14(19)24(7-6-20-13)16(26)10-2-1-5-21-15(10)23-17-22-11-4-3-9(25(27)28)8-12(11)29-17/h1-5,8,13-14,20H,6-7H2,(H,21,22,23). The van der Waals surface area contributed by atoms with Crippen molar-refractivity contribution in [2.24, 2.45) is 0 Å². The van der Waals surface area contributed by atoms with Crippen LogP contribution >= 0.6 is 34.5 Å². The maximum Gasteiger partial charge on any atom is 0.270 e. The number of nitro groups is 1. The van der Waals surface area contributed by atoms with Gasteiger partial charge in [0.05, 0.1) is 20.7 Å². The first-order chi connectivity index (χ1) is 13.9. The molecule has 3 aromatic rings. The van der Waals surface area contributed by atoms with Crippen LogP contribution in [0.4, 0.5) is 16.6 Å². The van der Waals surface area contributed by atoms with Crippen LogP contribution in [0.5, 0.6) is 0 Å². The molecule has 1 fully saturated rings. The van der Waals surface area contributed by atoms with E-state index < -0.39 is 15.9 Å². The van der Waals surface area contributed by atoms with Crippen LogP contribution in [0.15, 0.2) is 36.5 Å². The highest BCUT2D eigenvalue weighted by atomic mass is 35.5. The molecule has 12 heteroatoms. The number of nitrogens with one attached hydrogen (secondary N) is 2. The Balaban J connectivity index is 1.62. The molecule has 2 atom stereocenters. The third-order valence-corrected chi connectivity index (χ3v) is 6.28. The zero-order chi connectivity index (χ0) is 20.5. The van der Waals surface area contributed by atoms with Crippen LogP contribution < -0.4 is 10.6 Å². The summed E-state index contributed by atoms with van der Waals surface area (Å²) in [6, 6.07) is 7.74. The summed E-state index contributed by atoms with van der Waals surface area (Å²) in [6.07, 6.45) is 1.55. The molecule has 3 heterocycles. The molecule has 2 aromatic heterocycles. The Morgan fingerprint density at radius 2 is 2.21 bits per heavy atom. The Morgan fingerprint density at radius 3 is 3.00 bits per heavy atom. The van der Waals surface area contributed by atoms with Gasteiger partial charge in [-0.05, 0) is 18.2 Å². The summed E-state index contributed by atoms with van der Waals surface area (Å²) in [6.45, 7) is 0.943. The SMILES string of the molecule is O=C(c1cccnc1Nc1nc2ccc([N+](=O)[O-])cc2s1)N1CCNC(Cl)C1Cl. The third kappa shape index (κ3) is 3.97. The molecular weight excluding hydrogens is 439 g/mol. The Kier molecular flexibility index (Phi) is 5.50. The molecule has 29 heavy (non-hydrogen) atoms. The number of non-ortho nitro benzene ring substituents is 1. The van der Waals surface area contributed by atoms with E-state index in [-0.39, 0.29) is 11.6 Å². The van der Waals surface area contributed by atoms with E-state index in [9.17, 15) is 14.9 Å². The normalized spacial score (nSPS) is 19.3. The molecule has 1 aliphatic heterocycles. The predicted molar refractivity (Wildman–Crippen MR) is 112 cm³/mol. The maximum absolute atomic E-state index is 13.0. The van der Waals surface area contributed by atoms with Crippen LogP contribution in [0.25, 0.3) is 10.2 Å². The van der Waals surface area contributed by atoms with Gasteiger partial charge in [0.2, 0.25) is 0 Å². The molecular formula is C17H14Cl2N6O3S. The molecule has 1 aromatic carbocycles. The van der Waals surface area contributed by atoms with Crippen LogP contribution in [-0.4, -0.2) is 49.8 Å². The number of carbonyl (C=O) groups is 1. The molecule has 150 valence electrons. The number of carbonyl (C=O) groups excluding carboxylic acids is 1. The fourth-order valence-corrected chi connectivity index (χ4v) is 4.35. The van der Waals surface area contributed by atoms with E-state index in [0.29, 0.717) is 39.8 Å². The number of alkyl halides is 2. The number of nitro benzene ring substituents is 1. The number of nitrogens with zero attached hydrogens (tertiary/aromatic N) is 4. The van der Waals surface area contributed by atoms with Crippen molar-refractivity contribution < 1.29 is 9.72 Å². The summed E-state index contributed by atoms with van der Waals surface area (Å²) in [5.41, 5.74) is -0.325. The van der Waals surface area contributed by atoms with Gasteiger partial charge >= 0.3 is 0 Å². The highest BCUT2D eigenvalue weighted by Gasteiger charge is 2.33. The van der Waals surface area contributed by atoms with Gasteiger partial charge in [-0.25, -0.2) is 9.97 Å². The lowest BCUT2D eigenvalue weighted by Gasteiger charge is -2.35. The summed E-state index contributed by atoms with van der Waals surface area (Å²) < 4.78 is 0.651. The number of fused-ring (bicyclic) bond motifs is 1. The molecule has 1 amide bonds. The summed E-state index contributed by atoms with van der Waals surface area (Å²) in [4.78, 5) is 33.7. The van der Waals surface area contributed by atoms with Crippen molar-refractivity contribution in [3.8, 4) is 0 Å². The van der Waals surface area contributed by atoms with Gasteiger partial charge in [-0.15, -0.1) is 11.6 Å².